The molecule has 3 rings (SSSR count). The van der Waals surface area contributed by atoms with Gasteiger partial charge in [0.05, 0.1) is 23.3 Å². The second-order valence-electron chi connectivity index (χ2n) is 5.47. The lowest BCUT2D eigenvalue weighted by Crippen LogP contribution is -2.37. The zero-order valence-corrected chi connectivity index (χ0v) is 14.6. The van der Waals surface area contributed by atoms with Crippen LogP contribution in [0.2, 0.25) is 0 Å². The summed E-state index contributed by atoms with van der Waals surface area (Å²) in [6.07, 6.45) is 0. The van der Waals surface area contributed by atoms with E-state index in [2.05, 4.69) is 10.3 Å². The van der Waals surface area contributed by atoms with E-state index in [1.807, 2.05) is 36.2 Å². The second-order valence-corrected chi connectivity index (χ2v) is 6.48. The molecule has 0 atom stereocenters. The summed E-state index contributed by atoms with van der Waals surface area (Å²) in [6, 6.07) is 13.7. The number of carbonyl (C=O) groups excluding carboxylic acids is 1. The maximum Gasteiger partial charge on any atom is 0.239 e. The molecule has 0 saturated carbocycles. The Morgan fingerprint density at radius 3 is 2.76 bits per heavy atom. The SMILES string of the molecule is CN(CC(=O)NCCOc1ccc(F)cc1)c1nc2ccccc2s1. The van der Waals surface area contributed by atoms with Gasteiger partial charge >= 0.3 is 0 Å². The van der Waals surface area contributed by atoms with Gasteiger partial charge in [-0.05, 0) is 36.4 Å². The Kier molecular flexibility index (Phi) is 5.45. The van der Waals surface area contributed by atoms with Gasteiger partial charge in [0, 0.05) is 7.05 Å². The first-order valence-corrected chi connectivity index (χ1v) is 8.65. The van der Waals surface area contributed by atoms with Crippen LogP contribution in [0, 0.1) is 5.82 Å². The summed E-state index contributed by atoms with van der Waals surface area (Å²) >= 11 is 1.55. The van der Waals surface area contributed by atoms with Gasteiger partial charge in [0.25, 0.3) is 0 Å². The topological polar surface area (TPSA) is 54.5 Å². The normalized spacial score (nSPS) is 10.6. The highest BCUT2D eigenvalue weighted by Crippen LogP contribution is 2.27. The van der Waals surface area contributed by atoms with Crippen molar-refractivity contribution in [2.75, 3.05) is 31.6 Å². The molecular formula is C18H18FN3O2S. The van der Waals surface area contributed by atoms with Crippen LogP contribution >= 0.6 is 11.3 Å². The number of anilines is 1. The summed E-state index contributed by atoms with van der Waals surface area (Å²) < 4.78 is 19.3. The van der Waals surface area contributed by atoms with Gasteiger partial charge in [-0.1, -0.05) is 23.5 Å². The summed E-state index contributed by atoms with van der Waals surface area (Å²) in [6.45, 7) is 0.919. The van der Waals surface area contributed by atoms with Gasteiger partial charge in [-0.15, -0.1) is 0 Å². The van der Waals surface area contributed by atoms with Crippen LogP contribution in [-0.2, 0) is 4.79 Å². The van der Waals surface area contributed by atoms with E-state index in [9.17, 15) is 9.18 Å². The van der Waals surface area contributed by atoms with E-state index >= 15 is 0 Å². The minimum atomic E-state index is -0.307. The summed E-state index contributed by atoms with van der Waals surface area (Å²) in [7, 11) is 1.84. The summed E-state index contributed by atoms with van der Waals surface area (Å²) in [5.41, 5.74) is 0.933. The molecule has 0 aliphatic carbocycles. The molecule has 0 saturated heterocycles. The van der Waals surface area contributed by atoms with Crippen molar-refractivity contribution < 1.29 is 13.9 Å². The van der Waals surface area contributed by atoms with E-state index in [0.717, 1.165) is 15.3 Å². The van der Waals surface area contributed by atoms with Crippen molar-refractivity contribution in [3.05, 3.63) is 54.3 Å². The van der Waals surface area contributed by atoms with Crippen LogP contribution in [0.3, 0.4) is 0 Å². The zero-order valence-electron chi connectivity index (χ0n) is 13.7. The minimum Gasteiger partial charge on any atom is -0.492 e. The maximum atomic E-state index is 12.8. The largest absolute Gasteiger partial charge is 0.492 e. The number of carbonyl (C=O) groups is 1. The molecular weight excluding hydrogens is 341 g/mol. The summed E-state index contributed by atoms with van der Waals surface area (Å²) in [4.78, 5) is 18.4. The molecule has 1 amide bonds. The number of fused-ring (bicyclic) bond motifs is 1. The van der Waals surface area contributed by atoms with Gasteiger partial charge in [0.2, 0.25) is 5.91 Å². The van der Waals surface area contributed by atoms with Crippen LogP contribution in [0.5, 0.6) is 5.75 Å². The van der Waals surface area contributed by atoms with Gasteiger partial charge in [-0.25, -0.2) is 9.37 Å². The van der Waals surface area contributed by atoms with Crippen LogP contribution in [-0.4, -0.2) is 37.6 Å². The van der Waals surface area contributed by atoms with Crippen molar-refractivity contribution in [3.8, 4) is 5.75 Å². The Morgan fingerprint density at radius 1 is 1.24 bits per heavy atom. The maximum absolute atomic E-state index is 12.8. The third-order valence-electron chi connectivity index (χ3n) is 3.50. The zero-order chi connectivity index (χ0) is 17.6. The lowest BCUT2D eigenvalue weighted by Gasteiger charge is -2.15. The first-order valence-electron chi connectivity index (χ1n) is 7.83. The number of amides is 1. The Bertz CT molecular complexity index is 818. The number of hydrogen-bond acceptors (Lipinski definition) is 5. The van der Waals surface area contributed by atoms with Crippen molar-refractivity contribution in [2.45, 2.75) is 0 Å². The smallest absolute Gasteiger partial charge is 0.239 e. The fourth-order valence-electron chi connectivity index (χ4n) is 2.25. The molecule has 0 radical (unpaired) electrons. The number of aromatic nitrogens is 1. The highest BCUT2D eigenvalue weighted by molar-refractivity contribution is 7.22. The van der Waals surface area contributed by atoms with Crippen LogP contribution < -0.4 is 15.0 Å². The molecule has 1 aromatic heterocycles. The van der Waals surface area contributed by atoms with Gasteiger partial charge < -0.3 is 15.0 Å². The molecule has 0 fully saturated rings. The monoisotopic (exact) mass is 359 g/mol. The molecule has 3 aromatic rings. The van der Waals surface area contributed by atoms with Gasteiger partial charge in [0.15, 0.2) is 5.13 Å². The van der Waals surface area contributed by atoms with Crippen molar-refractivity contribution in [3.63, 3.8) is 0 Å². The molecule has 0 aliphatic rings. The molecule has 0 bridgehead atoms. The number of hydrogen-bond donors (Lipinski definition) is 1. The van der Waals surface area contributed by atoms with E-state index in [1.54, 1.807) is 23.5 Å². The lowest BCUT2D eigenvalue weighted by molar-refractivity contribution is -0.119. The van der Waals surface area contributed by atoms with Crippen molar-refractivity contribution in [1.29, 1.82) is 0 Å². The average Bonchev–Trinajstić information content (AvgIpc) is 3.04. The standard InChI is InChI=1S/C18H18FN3O2S/c1-22(18-21-15-4-2-3-5-16(15)25-18)12-17(23)20-10-11-24-14-8-6-13(19)7-9-14/h2-9H,10-12H2,1H3,(H,20,23). The second kappa shape index (κ2) is 7.94. The van der Waals surface area contributed by atoms with Crippen molar-refractivity contribution in [1.82, 2.24) is 10.3 Å². The predicted molar refractivity (Wildman–Crippen MR) is 97.8 cm³/mol. The fourth-order valence-corrected chi connectivity index (χ4v) is 3.18. The number of para-hydroxylation sites is 1. The third kappa shape index (κ3) is 4.67. The predicted octanol–water partition coefficient (Wildman–Crippen LogP) is 3.07. The van der Waals surface area contributed by atoms with Crippen LogP contribution in [0.4, 0.5) is 9.52 Å². The van der Waals surface area contributed by atoms with E-state index in [0.29, 0.717) is 18.9 Å². The van der Waals surface area contributed by atoms with Crippen LogP contribution in [0.1, 0.15) is 0 Å². The van der Waals surface area contributed by atoms with Crippen LogP contribution in [0.25, 0.3) is 10.2 Å². The Morgan fingerprint density at radius 2 is 2.00 bits per heavy atom. The quantitative estimate of drug-likeness (QED) is 0.659. The summed E-state index contributed by atoms with van der Waals surface area (Å²) in [5.74, 6) is 0.158. The Labute approximate surface area is 149 Å². The summed E-state index contributed by atoms with van der Waals surface area (Å²) in [5, 5.41) is 3.60. The molecule has 7 heteroatoms. The van der Waals surface area contributed by atoms with E-state index < -0.39 is 0 Å². The number of thiazole rings is 1. The molecule has 0 unspecified atom stereocenters. The number of rotatable bonds is 7. The highest BCUT2D eigenvalue weighted by Gasteiger charge is 2.11. The molecule has 0 aliphatic heterocycles. The molecule has 1 N–H and O–H groups in total. The van der Waals surface area contributed by atoms with Crippen molar-refractivity contribution >= 4 is 32.6 Å². The molecule has 5 nitrogen and oxygen atoms in total. The van der Waals surface area contributed by atoms with Crippen LogP contribution in [0.15, 0.2) is 48.5 Å². The fraction of sp³-hybridized carbons (Fsp3) is 0.222. The average molecular weight is 359 g/mol. The first kappa shape index (κ1) is 17.2. The van der Waals surface area contributed by atoms with E-state index in [4.69, 9.17) is 4.74 Å². The number of nitrogens with zero attached hydrogens (tertiary/aromatic N) is 2. The molecule has 1 heterocycles. The van der Waals surface area contributed by atoms with Gasteiger partial charge in [0.1, 0.15) is 18.2 Å². The molecule has 130 valence electrons. The van der Waals surface area contributed by atoms with E-state index in [-0.39, 0.29) is 18.3 Å². The molecule has 25 heavy (non-hydrogen) atoms. The third-order valence-corrected chi connectivity index (χ3v) is 4.65. The number of halogens is 1. The molecule has 0 spiro atoms. The number of likely N-dealkylation sites (N-methyl/N-ethyl adjacent to an activating group) is 1. The number of ether oxygens (including phenoxy) is 1. The van der Waals surface area contributed by atoms with Gasteiger partial charge in [-0.3, -0.25) is 4.79 Å². The van der Waals surface area contributed by atoms with Gasteiger partial charge in [-0.2, -0.15) is 0 Å². The first-order chi connectivity index (χ1) is 12.1. The van der Waals surface area contributed by atoms with Crippen molar-refractivity contribution in [2.24, 2.45) is 0 Å². The minimum absolute atomic E-state index is 0.107. The Balaban J connectivity index is 1.43. The molecule has 2 aromatic carbocycles. The number of benzene rings is 2. The lowest BCUT2D eigenvalue weighted by atomic mass is 10.3. The number of nitrogens with one attached hydrogen (secondary N) is 1. The Hall–Kier alpha value is -2.67. The van der Waals surface area contributed by atoms with E-state index in [1.165, 1.54) is 12.1 Å². The highest BCUT2D eigenvalue weighted by atomic mass is 32.1.